The van der Waals surface area contributed by atoms with E-state index in [2.05, 4.69) is 4.74 Å². The monoisotopic (exact) mass is 322 g/mol. The molecule has 3 rings (SSSR count). The Kier molecular flexibility index (Phi) is 3.48. The number of hydrogen-bond acceptors (Lipinski definition) is 4. The van der Waals surface area contributed by atoms with Crippen LogP contribution in [-0.4, -0.2) is 11.5 Å². The molecule has 0 atom stereocenters. The second-order valence-electron chi connectivity index (χ2n) is 4.73. The van der Waals surface area contributed by atoms with Crippen molar-refractivity contribution in [3.8, 4) is 22.8 Å². The highest BCUT2D eigenvalue weighted by molar-refractivity contribution is 5.80. The quantitative estimate of drug-likeness (QED) is 0.773. The molecule has 0 saturated heterocycles. The van der Waals surface area contributed by atoms with E-state index in [1.807, 2.05) is 0 Å². The van der Waals surface area contributed by atoms with Crippen LogP contribution in [0.3, 0.4) is 0 Å². The predicted octanol–water partition coefficient (Wildman–Crippen LogP) is 4.06. The number of benzene rings is 2. The summed E-state index contributed by atoms with van der Waals surface area (Å²) < 4.78 is 45.7. The molecular weight excluding hydrogens is 313 g/mol. The normalized spacial score (nSPS) is 11.6. The van der Waals surface area contributed by atoms with Gasteiger partial charge in [-0.3, -0.25) is 4.79 Å². The number of rotatable bonds is 2. The zero-order valence-electron chi connectivity index (χ0n) is 11.4. The first-order valence-electron chi connectivity index (χ1n) is 6.45. The lowest BCUT2D eigenvalue weighted by Gasteiger charge is -2.09. The van der Waals surface area contributed by atoms with Crippen LogP contribution < -0.4 is 10.2 Å². The van der Waals surface area contributed by atoms with Gasteiger partial charge in [0.1, 0.15) is 22.8 Å². The fraction of sp³-hybridized carbons (Fsp3) is 0.0625. The van der Waals surface area contributed by atoms with E-state index in [-0.39, 0.29) is 28.3 Å². The van der Waals surface area contributed by atoms with Crippen molar-refractivity contribution in [3.63, 3.8) is 0 Å². The molecule has 0 unspecified atom stereocenters. The first-order chi connectivity index (χ1) is 10.8. The second kappa shape index (κ2) is 5.35. The van der Waals surface area contributed by atoms with Crippen molar-refractivity contribution < 1.29 is 27.4 Å². The van der Waals surface area contributed by atoms with Crippen molar-refractivity contribution in [1.29, 1.82) is 0 Å². The number of phenolic OH excluding ortho intramolecular Hbond substituents is 1. The van der Waals surface area contributed by atoms with Gasteiger partial charge in [0.2, 0.25) is 0 Å². The molecule has 4 nitrogen and oxygen atoms in total. The van der Waals surface area contributed by atoms with Crippen molar-refractivity contribution in [1.82, 2.24) is 0 Å². The van der Waals surface area contributed by atoms with Gasteiger partial charge in [0.15, 0.2) is 5.43 Å². The van der Waals surface area contributed by atoms with Gasteiger partial charge in [-0.05, 0) is 36.4 Å². The van der Waals surface area contributed by atoms with Gasteiger partial charge in [0, 0.05) is 17.7 Å². The molecule has 7 heteroatoms. The smallest absolute Gasteiger partial charge is 0.508 e. The van der Waals surface area contributed by atoms with E-state index in [9.17, 15) is 23.1 Å². The molecule has 0 fully saturated rings. The summed E-state index contributed by atoms with van der Waals surface area (Å²) in [7, 11) is 0. The van der Waals surface area contributed by atoms with E-state index in [0.29, 0.717) is 10.9 Å². The molecule has 1 heterocycles. The molecule has 0 aliphatic rings. The zero-order valence-corrected chi connectivity index (χ0v) is 11.4. The maximum absolute atomic E-state index is 12.1. The van der Waals surface area contributed by atoms with Gasteiger partial charge in [0.05, 0.1) is 5.39 Å². The van der Waals surface area contributed by atoms with E-state index in [1.165, 1.54) is 36.4 Å². The van der Waals surface area contributed by atoms with Gasteiger partial charge >= 0.3 is 6.36 Å². The highest BCUT2D eigenvalue weighted by Crippen LogP contribution is 2.28. The Bertz CT molecular complexity index is 911. The molecule has 1 aromatic heterocycles. The molecule has 2 aromatic carbocycles. The summed E-state index contributed by atoms with van der Waals surface area (Å²) in [5, 5.41) is 9.74. The molecule has 0 spiro atoms. The maximum Gasteiger partial charge on any atom is 0.573 e. The summed E-state index contributed by atoms with van der Waals surface area (Å²) in [6.45, 7) is 0. The van der Waals surface area contributed by atoms with Crippen LogP contribution in [-0.2, 0) is 0 Å². The molecule has 0 bridgehead atoms. The third kappa shape index (κ3) is 3.28. The number of ether oxygens (including phenoxy) is 1. The molecule has 3 aromatic rings. The first-order valence-corrected chi connectivity index (χ1v) is 6.45. The minimum absolute atomic E-state index is 0.0632. The zero-order chi connectivity index (χ0) is 16.6. The van der Waals surface area contributed by atoms with Crippen LogP contribution in [0.2, 0.25) is 0 Å². The van der Waals surface area contributed by atoms with Gasteiger partial charge in [-0.1, -0.05) is 0 Å². The van der Waals surface area contributed by atoms with Crippen molar-refractivity contribution in [3.05, 3.63) is 58.8 Å². The van der Waals surface area contributed by atoms with Gasteiger partial charge in [-0.25, -0.2) is 0 Å². The van der Waals surface area contributed by atoms with E-state index in [1.54, 1.807) is 0 Å². The number of fused-ring (bicyclic) bond motifs is 1. The molecular formula is C16H9F3O4. The Morgan fingerprint density at radius 3 is 2.35 bits per heavy atom. The van der Waals surface area contributed by atoms with Gasteiger partial charge in [-0.2, -0.15) is 0 Å². The Morgan fingerprint density at radius 2 is 1.70 bits per heavy atom. The summed E-state index contributed by atoms with van der Waals surface area (Å²) >= 11 is 0. The second-order valence-corrected chi connectivity index (χ2v) is 4.73. The summed E-state index contributed by atoms with van der Waals surface area (Å²) in [4.78, 5) is 12.0. The lowest BCUT2D eigenvalue weighted by atomic mass is 10.1. The number of halogens is 3. The van der Waals surface area contributed by atoms with Crippen LogP contribution in [0.15, 0.2) is 57.7 Å². The fourth-order valence-electron chi connectivity index (χ4n) is 2.11. The molecule has 0 radical (unpaired) electrons. The van der Waals surface area contributed by atoms with Crippen molar-refractivity contribution in [2.45, 2.75) is 6.36 Å². The number of hydrogen-bond donors (Lipinski definition) is 1. The van der Waals surface area contributed by atoms with Crippen LogP contribution in [0, 0.1) is 0 Å². The Hall–Kier alpha value is -2.96. The minimum Gasteiger partial charge on any atom is -0.508 e. The third-order valence-corrected chi connectivity index (χ3v) is 3.09. The number of alkyl halides is 3. The predicted molar refractivity (Wildman–Crippen MR) is 76.3 cm³/mol. The Balaban J connectivity index is 2.01. The van der Waals surface area contributed by atoms with E-state index >= 15 is 0 Å². The molecule has 118 valence electrons. The van der Waals surface area contributed by atoms with Gasteiger partial charge in [0.25, 0.3) is 0 Å². The van der Waals surface area contributed by atoms with Crippen LogP contribution in [0.25, 0.3) is 22.3 Å². The Labute approximate surface area is 127 Å². The molecule has 1 N–H and O–H groups in total. The number of aromatic hydroxyl groups is 1. The summed E-state index contributed by atoms with van der Waals surface area (Å²) in [5.41, 5.74) is 0.266. The highest BCUT2D eigenvalue weighted by atomic mass is 19.4. The maximum atomic E-state index is 12.1. The Morgan fingerprint density at radius 1 is 1.00 bits per heavy atom. The van der Waals surface area contributed by atoms with Crippen molar-refractivity contribution >= 4 is 11.0 Å². The van der Waals surface area contributed by atoms with Crippen LogP contribution in [0.4, 0.5) is 13.2 Å². The standard InChI is InChI=1S/C16H9F3O4/c17-16(18,19)23-11-4-1-9(2-5-11)14-8-13(21)12-6-3-10(20)7-15(12)22-14/h1-8,20H. The largest absolute Gasteiger partial charge is 0.573 e. The van der Waals surface area contributed by atoms with E-state index in [4.69, 9.17) is 4.42 Å². The lowest BCUT2D eigenvalue weighted by molar-refractivity contribution is -0.274. The van der Waals surface area contributed by atoms with Crippen LogP contribution in [0.1, 0.15) is 0 Å². The fourth-order valence-corrected chi connectivity index (χ4v) is 2.11. The summed E-state index contributed by atoms with van der Waals surface area (Å²) in [5.74, 6) is -0.264. The molecule has 23 heavy (non-hydrogen) atoms. The average Bonchev–Trinajstić information content (AvgIpc) is 2.45. The van der Waals surface area contributed by atoms with Crippen molar-refractivity contribution in [2.75, 3.05) is 0 Å². The average molecular weight is 322 g/mol. The molecule has 0 aliphatic heterocycles. The topological polar surface area (TPSA) is 59.7 Å². The van der Waals surface area contributed by atoms with E-state index < -0.39 is 6.36 Å². The van der Waals surface area contributed by atoms with Gasteiger partial charge < -0.3 is 14.3 Å². The number of phenols is 1. The highest BCUT2D eigenvalue weighted by Gasteiger charge is 2.31. The first kappa shape index (κ1) is 15.0. The summed E-state index contributed by atoms with van der Waals surface area (Å²) in [6, 6.07) is 10.2. The third-order valence-electron chi connectivity index (χ3n) is 3.09. The molecule has 0 amide bonds. The van der Waals surface area contributed by atoms with E-state index in [0.717, 1.165) is 12.1 Å². The SMILES string of the molecule is O=c1cc(-c2ccc(OC(F)(F)F)cc2)oc2cc(O)ccc12. The van der Waals surface area contributed by atoms with Crippen molar-refractivity contribution in [2.24, 2.45) is 0 Å². The van der Waals surface area contributed by atoms with Crippen LogP contribution in [0.5, 0.6) is 11.5 Å². The molecule has 0 saturated carbocycles. The molecule has 0 aliphatic carbocycles. The van der Waals surface area contributed by atoms with Gasteiger partial charge in [-0.15, -0.1) is 13.2 Å². The summed E-state index contributed by atoms with van der Waals surface area (Å²) in [6.07, 6.45) is -4.77. The minimum atomic E-state index is -4.77. The van der Waals surface area contributed by atoms with Crippen LogP contribution >= 0.6 is 0 Å². The lowest BCUT2D eigenvalue weighted by Crippen LogP contribution is -2.16.